The molecule has 0 radical (unpaired) electrons. The van der Waals surface area contributed by atoms with Crippen LogP contribution in [0.2, 0.25) is 0 Å². The molecule has 0 aromatic heterocycles. The summed E-state index contributed by atoms with van der Waals surface area (Å²) < 4.78 is 0. The van der Waals surface area contributed by atoms with Gasteiger partial charge in [-0.05, 0) is 0 Å². The molecule has 0 saturated carbocycles. The minimum Gasteiger partial charge on any atom is -0.400 e. The van der Waals surface area contributed by atoms with Crippen LogP contribution in [0.25, 0.3) is 0 Å². The summed E-state index contributed by atoms with van der Waals surface area (Å²) >= 11 is 0. The molecule has 1 rings (SSSR count). The summed E-state index contributed by atoms with van der Waals surface area (Å²) in [4.78, 5) is 2.26. The first kappa shape index (κ1) is 10.8. The molecule has 0 spiro atoms. The highest BCUT2D eigenvalue weighted by Crippen LogP contribution is 1.88. The zero-order valence-electron chi connectivity index (χ0n) is 7.08. The zero-order chi connectivity index (χ0) is 8.53. The molecule has 3 N–H and O–H groups in total. The van der Waals surface area contributed by atoms with E-state index in [2.05, 4.69) is 10.2 Å². The highest BCUT2D eigenvalue weighted by molar-refractivity contribution is 4.66. The first-order valence-electron chi connectivity index (χ1n) is 3.92. The quantitative estimate of drug-likeness (QED) is 0.462. The smallest absolute Gasteiger partial charge is 0.0558 e. The Hall–Kier alpha value is -0.160. The molecule has 68 valence electrons. The van der Waals surface area contributed by atoms with Crippen LogP contribution in [-0.2, 0) is 0 Å². The van der Waals surface area contributed by atoms with Crippen molar-refractivity contribution in [1.82, 2.24) is 10.2 Å². The fourth-order valence-electron chi connectivity index (χ4n) is 1.08. The number of nitrogens with zero attached hydrogens (tertiary/aromatic N) is 1. The maximum Gasteiger partial charge on any atom is 0.0558 e. The zero-order valence-corrected chi connectivity index (χ0v) is 7.08. The second-order valence-electron chi connectivity index (χ2n) is 2.32. The molecular formula is C7H18N2O2. The standard InChI is InChI=1S/C6H14N2O.CH4O/c9-6-5-8-3-1-7-2-4-8;1-2/h7,9H,1-6H2;2H,1H3. The molecule has 0 aromatic rings. The van der Waals surface area contributed by atoms with E-state index in [4.69, 9.17) is 10.2 Å². The van der Waals surface area contributed by atoms with Crippen LogP contribution < -0.4 is 5.32 Å². The largest absolute Gasteiger partial charge is 0.400 e. The maximum atomic E-state index is 8.56. The first-order chi connectivity index (χ1) is 5.43. The molecule has 0 bridgehead atoms. The first-order valence-corrected chi connectivity index (χ1v) is 3.92. The van der Waals surface area contributed by atoms with Crippen molar-refractivity contribution in [2.45, 2.75) is 0 Å². The fourth-order valence-corrected chi connectivity index (χ4v) is 1.08. The average Bonchev–Trinajstić information content (AvgIpc) is 2.11. The Labute approximate surface area is 67.8 Å². The fraction of sp³-hybridized carbons (Fsp3) is 1.00. The van der Waals surface area contributed by atoms with Crippen molar-refractivity contribution < 1.29 is 10.2 Å². The van der Waals surface area contributed by atoms with Crippen LogP contribution in [0.3, 0.4) is 0 Å². The third kappa shape index (κ3) is 5.15. The lowest BCUT2D eigenvalue weighted by atomic mass is 10.4. The molecule has 0 aliphatic carbocycles. The minimum absolute atomic E-state index is 0.292. The Bertz CT molecular complexity index is 72.1. The van der Waals surface area contributed by atoms with Crippen molar-refractivity contribution in [2.75, 3.05) is 46.4 Å². The van der Waals surface area contributed by atoms with Gasteiger partial charge in [0.1, 0.15) is 0 Å². The molecule has 1 saturated heterocycles. The van der Waals surface area contributed by atoms with Gasteiger partial charge >= 0.3 is 0 Å². The molecule has 1 heterocycles. The third-order valence-electron chi connectivity index (χ3n) is 1.63. The van der Waals surface area contributed by atoms with Crippen LogP contribution in [0.15, 0.2) is 0 Å². The second-order valence-corrected chi connectivity index (χ2v) is 2.32. The number of nitrogens with one attached hydrogen (secondary N) is 1. The Kier molecular flexibility index (Phi) is 7.83. The summed E-state index contributed by atoms with van der Waals surface area (Å²) in [5.74, 6) is 0. The molecule has 0 aromatic carbocycles. The summed E-state index contributed by atoms with van der Waals surface area (Å²) in [7, 11) is 1.00. The van der Waals surface area contributed by atoms with Crippen molar-refractivity contribution in [3.05, 3.63) is 0 Å². The van der Waals surface area contributed by atoms with Gasteiger partial charge in [-0.25, -0.2) is 0 Å². The molecule has 1 fully saturated rings. The topological polar surface area (TPSA) is 55.7 Å². The lowest BCUT2D eigenvalue weighted by Gasteiger charge is -2.25. The normalized spacial score (nSPS) is 18.8. The number of piperazine rings is 1. The summed E-state index contributed by atoms with van der Waals surface area (Å²) in [6.07, 6.45) is 0. The third-order valence-corrected chi connectivity index (χ3v) is 1.63. The summed E-state index contributed by atoms with van der Waals surface area (Å²) in [5.41, 5.74) is 0. The SMILES string of the molecule is CO.OCCN1CCNCC1. The second kappa shape index (κ2) is 7.94. The molecule has 1 aliphatic rings. The van der Waals surface area contributed by atoms with Gasteiger partial charge in [-0.2, -0.15) is 0 Å². The number of aliphatic hydroxyl groups excluding tert-OH is 2. The molecule has 1 aliphatic heterocycles. The van der Waals surface area contributed by atoms with E-state index in [-0.39, 0.29) is 0 Å². The van der Waals surface area contributed by atoms with E-state index in [0.717, 1.165) is 39.8 Å². The lowest BCUT2D eigenvalue weighted by Crippen LogP contribution is -2.44. The van der Waals surface area contributed by atoms with E-state index >= 15 is 0 Å². The van der Waals surface area contributed by atoms with Crippen LogP contribution in [0.4, 0.5) is 0 Å². The predicted molar refractivity (Wildman–Crippen MR) is 44.5 cm³/mol. The summed E-state index contributed by atoms with van der Waals surface area (Å²) in [6.45, 7) is 5.43. The van der Waals surface area contributed by atoms with Crippen LogP contribution in [0, 0.1) is 0 Å². The van der Waals surface area contributed by atoms with Gasteiger partial charge in [-0.3, -0.25) is 4.90 Å². The number of hydrogen-bond acceptors (Lipinski definition) is 4. The van der Waals surface area contributed by atoms with Crippen molar-refractivity contribution in [1.29, 1.82) is 0 Å². The summed E-state index contributed by atoms with van der Waals surface area (Å²) in [5, 5.41) is 18.8. The highest BCUT2D eigenvalue weighted by atomic mass is 16.3. The Balaban J connectivity index is 0.000000461. The summed E-state index contributed by atoms with van der Waals surface area (Å²) in [6, 6.07) is 0. The van der Waals surface area contributed by atoms with E-state index in [1.165, 1.54) is 0 Å². The predicted octanol–water partition coefficient (Wildman–Crippen LogP) is -1.51. The van der Waals surface area contributed by atoms with Crippen LogP contribution in [0.1, 0.15) is 0 Å². The van der Waals surface area contributed by atoms with Crippen molar-refractivity contribution in [3.8, 4) is 0 Å². The van der Waals surface area contributed by atoms with Gasteiger partial charge in [0.05, 0.1) is 6.61 Å². The van der Waals surface area contributed by atoms with E-state index in [9.17, 15) is 0 Å². The van der Waals surface area contributed by atoms with Gasteiger partial charge in [-0.1, -0.05) is 0 Å². The number of rotatable bonds is 2. The van der Waals surface area contributed by atoms with Crippen molar-refractivity contribution in [3.63, 3.8) is 0 Å². The molecule has 0 atom stereocenters. The van der Waals surface area contributed by atoms with Crippen molar-refractivity contribution in [2.24, 2.45) is 0 Å². The molecule has 4 nitrogen and oxygen atoms in total. The van der Waals surface area contributed by atoms with E-state index in [1.54, 1.807) is 0 Å². The Morgan fingerprint density at radius 2 is 1.82 bits per heavy atom. The maximum absolute atomic E-state index is 8.56. The van der Waals surface area contributed by atoms with E-state index in [0.29, 0.717) is 6.61 Å². The molecule has 0 amide bonds. The van der Waals surface area contributed by atoms with E-state index in [1.807, 2.05) is 0 Å². The Morgan fingerprint density at radius 1 is 1.27 bits per heavy atom. The van der Waals surface area contributed by atoms with E-state index < -0.39 is 0 Å². The number of β-amino-alcohol motifs (C(OH)–C–C–N with tert-alkyl or cyclic N) is 1. The monoisotopic (exact) mass is 162 g/mol. The van der Waals surface area contributed by atoms with Crippen LogP contribution in [-0.4, -0.2) is 61.6 Å². The number of hydrogen-bond donors (Lipinski definition) is 3. The van der Waals surface area contributed by atoms with Crippen LogP contribution >= 0.6 is 0 Å². The van der Waals surface area contributed by atoms with Gasteiger partial charge in [0.25, 0.3) is 0 Å². The molecule has 4 heteroatoms. The average molecular weight is 162 g/mol. The highest BCUT2D eigenvalue weighted by Gasteiger charge is 2.06. The van der Waals surface area contributed by atoms with Gasteiger partial charge in [0.15, 0.2) is 0 Å². The Morgan fingerprint density at radius 3 is 2.27 bits per heavy atom. The molecule has 0 unspecified atom stereocenters. The number of aliphatic hydroxyl groups is 2. The molecule has 11 heavy (non-hydrogen) atoms. The van der Waals surface area contributed by atoms with Gasteiger partial charge in [-0.15, -0.1) is 0 Å². The van der Waals surface area contributed by atoms with Gasteiger partial charge < -0.3 is 15.5 Å². The van der Waals surface area contributed by atoms with Crippen LogP contribution in [0.5, 0.6) is 0 Å². The van der Waals surface area contributed by atoms with Gasteiger partial charge in [0.2, 0.25) is 0 Å². The molecular weight excluding hydrogens is 144 g/mol. The lowest BCUT2D eigenvalue weighted by molar-refractivity contribution is 0.180. The minimum atomic E-state index is 0.292. The van der Waals surface area contributed by atoms with Crippen molar-refractivity contribution >= 4 is 0 Å². The van der Waals surface area contributed by atoms with Gasteiger partial charge in [0, 0.05) is 39.8 Å².